The maximum absolute atomic E-state index is 12.8. The van der Waals surface area contributed by atoms with E-state index in [9.17, 15) is 4.79 Å². The fourth-order valence-corrected chi connectivity index (χ4v) is 3.94. The van der Waals surface area contributed by atoms with Gasteiger partial charge in [-0.1, -0.05) is 74.0 Å². The van der Waals surface area contributed by atoms with E-state index in [1.807, 2.05) is 43.3 Å². The summed E-state index contributed by atoms with van der Waals surface area (Å²) in [7, 11) is 0. The predicted octanol–water partition coefficient (Wildman–Crippen LogP) is 4.55. The number of likely N-dealkylation sites (tertiary alicyclic amines) is 1. The summed E-state index contributed by atoms with van der Waals surface area (Å²) < 4.78 is 0. The van der Waals surface area contributed by atoms with Crippen molar-refractivity contribution in [3.63, 3.8) is 0 Å². The van der Waals surface area contributed by atoms with Gasteiger partial charge in [0.05, 0.1) is 5.41 Å². The number of nitrogens with zero attached hydrogens (tertiary/aromatic N) is 1. The Kier molecular flexibility index (Phi) is 5.40. The van der Waals surface area contributed by atoms with Crippen LogP contribution in [0.1, 0.15) is 44.2 Å². The van der Waals surface area contributed by atoms with E-state index in [0.717, 1.165) is 24.0 Å². The van der Waals surface area contributed by atoms with Crippen LogP contribution in [-0.2, 0) is 5.41 Å². The molecule has 1 heterocycles. The van der Waals surface area contributed by atoms with Gasteiger partial charge in [0, 0.05) is 12.6 Å². The summed E-state index contributed by atoms with van der Waals surface area (Å²) in [5.74, 6) is 0.358. The summed E-state index contributed by atoms with van der Waals surface area (Å²) in [5, 5.41) is 12.0. The minimum atomic E-state index is -0.593. The lowest BCUT2D eigenvalue weighted by Gasteiger charge is -2.31. The molecule has 1 aliphatic rings. The summed E-state index contributed by atoms with van der Waals surface area (Å²) in [5.41, 5.74) is 1.53. The van der Waals surface area contributed by atoms with Crippen molar-refractivity contribution in [3.8, 4) is 0 Å². The van der Waals surface area contributed by atoms with Crippen LogP contribution in [0, 0.1) is 5.41 Å². The molecule has 0 aliphatic carbocycles. The van der Waals surface area contributed by atoms with Crippen LogP contribution in [0.3, 0.4) is 0 Å². The molecule has 4 nitrogen and oxygen atoms in total. The van der Waals surface area contributed by atoms with E-state index in [-0.39, 0.29) is 12.1 Å². The van der Waals surface area contributed by atoms with Gasteiger partial charge in [-0.2, -0.15) is 0 Å². The summed E-state index contributed by atoms with van der Waals surface area (Å²) in [6.07, 6.45) is 2.69. The average Bonchev–Trinajstić information content (AvgIpc) is 2.94. The fraction of sp³-hybridized carbons (Fsp3) is 0.364. The van der Waals surface area contributed by atoms with Crippen molar-refractivity contribution in [1.82, 2.24) is 10.2 Å². The number of carbonyl (C=O) groups excluding carboxylic acids is 1. The maximum Gasteiger partial charge on any atom is 0.323 e. The Morgan fingerprint density at radius 3 is 2.15 bits per heavy atom. The van der Waals surface area contributed by atoms with Crippen LogP contribution in [0.15, 0.2) is 60.7 Å². The highest BCUT2D eigenvalue weighted by Gasteiger charge is 2.51. The number of benzene rings is 2. The first-order valence-electron chi connectivity index (χ1n) is 9.38. The Morgan fingerprint density at radius 2 is 1.65 bits per heavy atom. The molecule has 0 spiro atoms. The van der Waals surface area contributed by atoms with Crippen LogP contribution < -0.4 is 5.32 Å². The van der Waals surface area contributed by atoms with Crippen molar-refractivity contribution >= 4 is 11.9 Å². The Bertz CT molecular complexity index is 718. The van der Waals surface area contributed by atoms with Gasteiger partial charge in [0.2, 0.25) is 0 Å². The molecule has 4 heteroatoms. The summed E-state index contributed by atoms with van der Waals surface area (Å²) in [6, 6.07) is 20.0. The van der Waals surface area contributed by atoms with Crippen molar-refractivity contribution in [3.05, 3.63) is 71.8 Å². The van der Waals surface area contributed by atoms with E-state index in [1.54, 1.807) is 4.90 Å². The number of amides is 2. The number of urea groups is 1. The first kappa shape index (κ1) is 18.2. The zero-order chi connectivity index (χ0) is 18.6. The molecule has 2 amide bonds. The molecule has 136 valence electrons. The highest BCUT2D eigenvalue weighted by atomic mass is 16.2. The molecular weight excluding hydrogens is 322 g/mol. The third-order valence-corrected chi connectivity index (χ3v) is 5.25. The van der Waals surface area contributed by atoms with Gasteiger partial charge in [-0.25, -0.2) is 4.79 Å². The van der Waals surface area contributed by atoms with Gasteiger partial charge in [-0.05, 0) is 30.9 Å². The molecular formula is C22H27N3O. The smallest absolute Gasteiger partial charge is 0.323 e. The standard InChI is InChI=1S/C22H27N3O/c1-3-4-15-24-21(26)25-17(2)16-22(20(25)23,18-11-7-5-8-12-18)19-13-9-6-10-14-19/h5-14,17,23H,3-4,15-16H2,1-2H3,(H,24,26). The van der Waals surface area contributed by atoms with E-state index in [4.69, 9.17) is 5.41 Å². The minimum absolute atomic E-state index is 0.0375. The largest absolute Gasteiger partial charge is 0.338 e. The Labute approximate surface area is 155 Å². The quantitative estimate of drug-likeness (QED) is 0.764. The second-order valence-electron chi connectivity index (χ2n) is 6.99. The Morgan fingerprint density at radius 1 is 1.12 bits per heavy atom. The lowest BCUT2D eigenvalue weighted by atomic mass is 9.72. The molecule has 26 heavy (non-hydrogen) atoms. The predicted molar refractivity (Wildman–Crippen MR) is 106 cm³/mol. The number of amidine groups is 1. The monoisotopic (exact) mass is 349 g/mol. The van der Waals surface area contributed by atoms with Crippen LogP contribution in [0.2, 0.25) is 0 Å². The molecule has 3 rings (SSSR count). The van der Waals surface area contributed by atoms with Crippen molar-refractivity contribution in [2.24, 2.45) is 0 Å². The van der Waals surface area contributed by atoms with Crippen molar-refractivity contribution in [1.29, 1.82) is 5.41 Å². The van der Waals surface area contributed by atoms with Gasteiger partial charge in [0.15, 0.2) is 0 Å². The normalized spacial score (nSPS) is 18.8. The zero-order valence-corrected chi connectivity index (χ0v) is 15.5. The third-order valence-electron chi connectivity index (χ3n) is 5.25. The average molecular weight is 349 g/mol. The first-order valence-corrected chi connectivity index (χ1v) is 9.38. The molecule has 0 bridgehead atoms. The number of nitrogens with one attached hydrogen (secondary N) is 2. The molecule has 2 aromatic carbocycles. The van der Waals surface area contributed by atoms with E-state index < -0.39 is 5.41 Å². The van der Waals surface area contributed by atoms with Crippen molar-refractivity contribution in [2.45, 2.75) is 44.6 Å². The van der Waals surface area contributed by atoms with Crippen LogP contribution >= 0.6 is 0 Å². The van der Waals surface area contributed by atoms with Gasteiger partial charge in [-0.15, -0.1) is 0 Å². The molecule has 0 radical (unpaired) electrons. The number of unbranched alkanes of at least 4 members (excludes halogenated alkanes) is 1. The Hall–Kier alpha value is -2.62. The molecule has 2 N–H and O–H groups in total. The number of rotatable bonds is 5. The van der Waals surface area contributed by atoms with Crippen LogP contribution in [-0.4, -0.2) is 29.4 Å². The van der Waals surface area contributed by atoms with E-state index in [2.05, 4.69) is 36.5 Å². The van der Waals surface area contributed by atoms with Crippen molar-refractivity contribution < 1.29 is 4.79 Å². The number of hydrogen-bond acceptors (Lipinski definition) is 2. The topological polar surface area (TPSA) is 56.2 Å². The lowest BCUT2D eigenvalue weighted by Crippen LogP contribution is -2.47. The maximum atomic E-state index is 12.8. The third kappa shape index (κ3) is 3.12. The van der Waals surface area contributed by atoms with Gasteiger partial charge in [-0.3, -0.25) is 10.3 Å². The molecule has 2 aromatic rings. The summed E-state index contributed by atoms with van der Waals surface area (Å²) in [4.78, 5) is 14.4. The SMILES string of the molecule is CCCCNC(=O)N1C(=N)C(c2ccccc2)(c2ccccc2)CC1C. The highest BCUT2D eigenvalue weighted by molar-refractivity contribution is 6.06. The van der Waals surface area contributed by atoms with Crippen molar-refractivity contribution in [2.75, 3.05) is 6.54 Å². The summed E-state index contributed by atoms with van der Waals surface area (Å²) >= 11 is 0. The number of carbonyl (C=O) groups is 1. The van der Waals surface area contributed by atoms with Crippen LogP contribution in [0.5, 0.6) is 0 Å². The lowest BCUT2D eigenvalue weighted by molar-refractivity contribution is 0.214. The van der Waals surface area contributed by atoms with Gasteiger partial charge in [0.1, 0.15) is 5.84 Å². The minimum Gasteiger partial charge on any atom is -0.338 e. The second kappa shape index (κ2) is 7.73. The molecule has 1 fully saturated rings. The van der Waals surface area contributed by atoms with E-state index in [0.29, 0.717) is 18.8 Å². The molecule has 1 saturated heterocycles. The van der Waals surface area contributed by atoms with E-state index >= 15 is 0 Å². The van der Waals surface area contributed by atoms with Crippen LogP contribution in [0.4, 0.5) is 4.79 Å². The number of hydrogen-bond donors (Lipinski definition) is 2. The van der Waals surface area contributed by atoms with Gasteiger partial charge in [0.25, 0.3) is 0 Å². The molecule has 1 unspecified atom stereocenters. The highest BCUT2D eigenvalue weighted by Crippen LogP contribution is 2.44. The van der Waals surface area contributed by atoms with Gasteiger partial charge < -0.3 is 5.32 Å². The molecule has 0 aromatic heterocycles. The van der Waals surface area contributed by atoms with Gasteiger partial charge >= 0.3 is 6.03 Å². The fourth-order valence-electron chi connectivity index (χ4n) is 3.94. The molecule has 0 saturated carbocycles. The zero-order valence-electron chi connectivity index (χ0n) is 15.5. The summed E-state index contributed by atoms with van der Waals surface area (Å²) in [6.45, 7) is 4.78. The molecule has 1 aliphatic heterocycles. The Balaban J connectivity index is 2.01. The second-order valence-corrected chi connectivity index (χ2v) is 6.99. The first-order chi connectivity index (χ1) is 12.6. The molecule has 1 atom stereocenters. The van der Waals surface area contributed by atoms with Crippen LogP contribution in [0.25, 0.3) is 0 Å². The van der Waals surface area contributed by atoms with E-state index in [1.165, 1.54) is 0 Å².